The number of likely N-dealkylation sites (N-methyl/N-ethyl adjacent to an activating group) is 1. The number of piperazine rings is 1. The number of anilines is 1. The van der Waals surface area contributed by atoms with E-state index in [9.17, 15) is 19.3 Å². The Hall–Kier alpha value is -2.26. The zero-order valence-electron chi connectivity index (χ0n) is 11.5. The van der Waals surface area contributed by atoms with Crippen LogP contribution in [0.4, 0.5) is 15.8 Å². The Morgan fingerprint density at radius 1 is 1.38 bits per heavy atom. The minimum Gasteiger partial charge on any atom is -0.396 e. The monoisotopic (exact) mass is 297 g/mol. The number of carbonyl (C=O) groups is 1. The van der Waals surface area contributed by atoms with Crippen LogP contribution in [0.3, 0.4) is 0 Å². The van der Waals surface area contributed by atoms with Crippen LogP contribution in [0.5, 0.6) is 0 Å². The maximum Gasteiger partial charge on any atom is 0.285 e. The molecule has 1 amide bonds. The molecule has 8 nitrogen and oxygen atoms in total. The van der Waals surface area contributed by atoms with Gasteiger partial charge in [0.15, 0.2) is 5.82 Å². The molecule has 0 aliphatic carbocycles. The molecule has 1 aliphatic heterocycles. The van der Waals surface area contributed by atoms with E-state index in [4.69, 9.17) is 5.73 Å². The van der Waals surface area contributed by atoms with Gasteiger partial charge < -0.3 is 10.6 Å². The van der Waals surface area contributed by atoms with E-state index in [-0.39, 0.29) is 11.3 Å². The van der Waals surface area contributed by atoms with Crippen molar-refractivity contribution in [2.75, 3.05) is 39.0 Å². The molecule has 0 unspecified atom stereocenters. The summed E-state index contributed by atoms with van der Waals surface area (Å²) < 4.78 is 13.3. The largest absolute Gasteiger partial charge is 0.396 e. The van der Waals surface area contributed by atoms with Crippen molar-refractivity contribution >= 4 is 17.3 Å². The van der Waals surface area contributed by atoms with E-state index < -0.39 is 22.3 Å². The molecule has 0 aromatic heterocycles. The number of amides is 1. The molecule has 1 fully saturated rings. The van der Waals surface area contributed by atoms with Gasteiger partial charge in [0, 0.05) is 26.2 Å². The SMILES string of the molecule is CN1CCN(NC(=O)c2cc(N)c(F)cc2[N+](=O)[O-])CC1. The summed E-state index contributed by atoms with van der Waals surface area (Å²) in [6, 6.07) is 1.65. The van der Waals surface area contributed by atoms with Crippen LogP contribution in [0.25, 0.3) is 0 Å². The Morgan fingerprint density at radius 2 is 2.00 bits per heavy atom. The molecular weight excluding hydrogens is 281 g/mol. The van der Waals surface area contributed by atoms with Crippen LogP contribution in [0.1, 0.15) is 10.4 Å². The lowest BCUT2D eigenvalue weighted by Gasteiger charge is -2.32. The second-order valence-corrected chi connectivity index (χ2v) is 4.88. The van der Waals surface area contributed by atoms with E-state index in [2.05, 4.69) is 10.3 Å². The van der Waals surface area contributed by atoms with Crippen molar-refractivity contribution in [1.29, 1.82) is 0 Å². The zero-order valence-corrected chi connectivity index (χ0v) is 11.5. The molecule has 21 heavy (non-hydrogen) atoms. The van der Waals surface area contributed by atoms with Crippen LogP contribution in [-0.4, -0.2) is 54.0 Å². The van der Waals surface area contributed by atoms with Gasteiger partial charge in [-0.3, -0.25) is 20.3 Å². The highest BCUT2D eigenvalue weighted by atomic mass is 19.1. The van der Waals surface area contributed by atoms with Crippen molar-refractivity contribution in [3.63, 3.8) is 0 Å². The molecule has 0 saturated carbocycles. The molecule has 0 bridgehead atoms. The van der Waals surface area contributed by atoms with Gasteiger partial charge >= 0.3 is 0 Å². The molecular formula is C12H16FN5O3. The molecule has 1 saturated heterocycles. The number of nitro groups is 1. The van der Waals surface area contributed by atoms with Crippen molar-refractivity contribution < 1.29 is 14.1 Å². The van der Waals surface area contributed by atoms with Crippen LogP contribution in [-0.2, 0) is 0 Å². The lowest BCUT2D eigenvalue weighted by Crippen LogP contribution is -2.52. The first-order valence-corrected chi connectivity index (χ1v) is 6.36. The number of nitro benzene ring substituents is 1. The first kappa shape index (κ1) is 15.1. The van der Waals surface area contributed by atoms with E-state index in [1.54, 1.807) is 5.01 Å². The van der Waals surface area contributed by atoms with Gasteiger partial charge in [0.1, 0.15) is 5.56 Å². The number of benzene rings is 1. The van der Waals surface area contributed by atoms with Crippen molar-refractivity contribution in [2.24, 2.45) is 0 Å². The van der Waals surface area contributed by atoms with E-state index in [0.29, 0.717) is 19.2 Å². The van der Waals surface area contributed by atoms with Crippen LogP contribution in [0, 0.1) is 15.9 Å². The summed E-state index contributed by atoms with van der Waals surface area (Å²) >= 11 is 0. The van der Waals surface area contributed by atoms with Crippen molar-refractivity contribution in [3.8, 4) is 0 Å². The summed E-state index contributed by atoms with van der Waals surface area (Å²) in [5.74, 6) is -1.59. The fourth-order valence-electron chi connectivity index (χ4n) is 2.03. The molecule has 2 rings (SSSR count). The molecule has 0 radical (unpaired) electrons. The maximum absolute atomic E-state index is 13.3. The summed E-state index contributed by atoms with van der Waals surface area (Å²) in [4.78, 5) is 24.4. The third kappa shape index (κ3) is 3.44. The molecule has 9 heteroatoms. The number of carbonyl (C=O) groups excluding carboxylic acids is 1. The number of nitrogens with two attached hydrogens (primary N) is 1. The quantitative estimate of drug-likeness (QED) is 0.469. The normalized spacial score (nSPS) is 16.7. The lowest BCUT2D eigenvalue weighted by molar-refractivity contribution is -0.385. The Kier molecular flexibility index (Phi) is 4.34. The average molecular weight is 297 g/mol. The first-order valence-electron chi connectivity index (χ1n) is 6.36. The second-order valence-electron chi connectivity index (χ2n) is 4.88. The van der Waals surface area contributed by atoms with Crippen molar-refractivity contribution in [2.45, 2.75) is 0 Å². The fourth-order valence-corrected chi connectivity index (χ4v) is 2.03. The number of rotatable bonds is 3. The zero-order chi connectivity index (χ0) is 15.6. The highest BCUT2D eigenvalue weighted by Gasteiger charge is 2.25. The van der Waals surface area contributed by atoms with E-state index >= 15 is 0 Å². The van der Waals surface area contributed by atoms with Gasteiger partial charge in [0.2, 0.25) is 0 Å². The van der Waals surface area contributed by atoms with Gasteiger partial charge in [-0.1, -0.05) is 0 Å². The van der Waals surface area contributed by atoms with Crippen LogP contribution < -0.4 is 11.2 Å². The predicted molar refractivity (Wildman–Crippen MR) is 74.0 cm³/mol. The van der Waals surface area contributed by atoms with Gasteiger partial charge in [-0.25, -0.2) is 9.40 Å². The molecule has 1 heterocycles. The van der Waals surface area contributed by atoms with E-state index in [1.165, 1.54) is 0 Å². The number of hydrazine groups is 1. The second kappa shape index (κ2) is 6.02. The summed E-state index contributed by atoms with van der Waals surface area (Å²) in [6.45, 7) is 2.75. The maximum atomic E-state index is 13.3. The minimum absolute atomic E-state index is 0.252. The molecule has 1 aromatic rings. The molecule has 1 aliphatic rings. The minimum atomic E-state index is -0.919. The summed E-state index contributed by atoms with van der Waals surface area (Å²) in [7, 11) is 1.96. The van der Waals surface area contributed by atoms with Crippen LogP contribution in [0.15, 0.2) is 12.1 Å². The average Bonchev–Trinajstić information content (AvgIpc) is 2.43. The van der Waals surface area contributed by atoms with Gasteiger partial charge in [0.05, 0.1) is 16.7 Å². The first-order chi connectivity index (χ1) is 9.88. The number of nitrogens with zero attached hydrogens (tertiary/aromatic N) is 3. The number of hydrogen-bond donors (Lipinski definition) is 2. The molecule has 114 valence electrons. The Labute approximate surface area is 120 Å². The van der Waals surface area contributed by atoms with Gasteiger partial charge in [-0.2, -0.15) is 0 Å². The molecule has 3 N–H and O–H groups in total. The standard InChI is InChI=1S/C12H16FN5O3/c1-16-2-4-17(5-3-16)15-12(19)8-6-10(14)9(13)7-11(8)18(20)21/h6-7H,2-5,14H2,1H3,(H,15,19). The smallest absolute Gasteiger partial charge is 0.285 e. The van der Waals surface area contributed by atoms with Gasteiger partial charge in [0.25, 0.3) is 11.6 Å². The van der Waals surface area contributed by atoms with Crippen LogP contribution in [0.2, 0.25) is 0 Å². The number of halogens is 1. The van der Waals surface area contributed by atoms with E-state index in [0.717, 1.165) is 19.2 Å². The lowest BCUT2D eigenvalue weighted by atomic mass is 10.1. The predicted octanol–water partition coefficient (Wildman–Crippen LogP) is 0.208. The summed E-state index contributed by atoms with van der Waals surface area (Å²) in [5, 5.41) is 12.6. The number of nitrogen functional groups attached to an aromatic ring is 1. The molecule has 1 aromatic carbocycles. The Balaban J connectivity index is 2.18. The molecule has 0 spiro atoms. The summed E-state index contributed by atoms with van der Waals surface area (Å²) in [6.07, 6.45) is 0. The van der Waals surface area contributed by atoms with Crippen molar-refractivity contribution in [3.05, 3.63) is 33.6 Å². The van der Waals surface area contributed by atoms with Gasteiger partial charge in [-0.15, -0.1) is 0 Å². The van der Waals surface area contributed by atoms with Crippen molar-refractivity contribution in [1.82, 2.24) is 15.3 Å². The third-order valence-corrected chi connectivity index (χ3v) is 3.32. The summed E-state index contributed by atoms with van der Waals surface area (Å²) in [5.41, 5.74) is 6.81. The third-order valence-electron chi connectivity index (χ3n) is 3.32. The highest BCUT2D eigenvalue weighted by molar-refractivity contribution is 5.98. The topological polar surface area (TPSA) is 105 Å². The van der Waals surface area contributed by atoms with Crippen LogP contribution >= 0.6 is 0 Å². The highest BCUT2D eigenvalue weighted by Crippen LogP contribution is 2.24. The van der Waals surface area contributed by atoms with Gasteiger partial charge in [-0.05, 0) is 13.1 Å². The fraction of sp³-hybridized carbons (Fsp3) is 0.417. The Morgan fingerprint density at radius 3 is 2.57 bits per heavy atom. The number of nitrogens with one attached hydrogen (secondary N) is 1. The molecule has 0 atom stereocenters. The number of hydrogen-bond acceptors (Lipinski definition) is 6. The Bertz CT molecular complexity index is 572. The van der Waals surface area contributed by atoms with E-state index in [1.807, 2.05) is 7.05 Å².